The van der Waals surface area contributed by atoms with E-state index in [2.05, 4.69) is 21.2 Å². The van der Waals surface area contributed by atoms with E-state index in [0.717, 1.165) is 41.0 Å². The summed E-state index contributed by atoms with van der Waals surface area (Å²) in [7, 11) is 1.64. The van der Waals surface area contributed by atoms with Gasteiger partial charge in [0.1, 0.15) is 0 Å². The molecule has 0 fully saturated rings. The number of hydrogen-bond acceptors (Lipinski definition) is 5. The van der Waals surface area contributed by atoms with Crippen LogP contribution < -0.4 is 14.8 Å². The van der Waals surface area contributed by atoms with Crippen molar-refractivity contribution in [2.75, 3.05) is 40.1 Å². The first-order valence-electron chi connectivity index (χ1n) is 7.11. The lowest BCUT2D eigenvalue weighted by atomic mass is 10.2. The van der Waals surface area contributed by atoms with Crippen LogP contribution in [0.25, 0.3) is 0 Å². The van der Waals surface area contributed by atoms with Crippen molar-refractivity contribution in [3.05, 3.63) is 22.2 Å². The zero-order valence-corrected chi connectivity index (χ0v) is 14.2. The molecule has 2 N–H and O–H groups in total. The van der Waals surface area contributed by atoms with Gasteiger partial charge in [-0.15, -0.1) is 0 Å². The summed E-state index contributed by atoms with van der Waals surface area (Å²) in [6, 6.07) is 4.01. The van der Waals surface area contributed by atoms with E-state index >= 15 is 0 Å². The fourth-order valence-electron chi connectivity index (χ4n) is 1.86. The van der Waals surface area contributed by atoms with Gasteiger partial charge in [0.25, 0.3) is 0 Å². The molecule has 0 aromatic heterocycles. The van der Waals surface area contributed by atoms with Crippen molar-refractivity contribution in [3.63, 3.8) is 0 Å². The quantitative estimate of drug-likeness (QED) is 0.592. The number of rotatable bonds is 11. The molecule has 0 amide bonds. The first-order chi connectivity index (χ1) is 10.2. The second kappa shape index (κ2) is 10.8. The van der Waals surface area contributed by atoms with Crippen molar-refractivity contribution >= 4 is 15.9 Å². The summed E-state index contributed by atoms with van der Waals surface area (Å²) in [5, 5.41) is 11.9. The first kappa shape index (κ1) is 18.2. The third-order valence-electron chi connectivity index (χ3n) is 2.78. The molecular formula is C15H24BrNO4. The average Bonchev–Trinajstić information content (AvgIpc) is 2.48. The van der Waals surface area contributed by atoms with Gasteiger partial charge in [-0.2, -0.15) is 0 Å². The summed E-state index contributed by atoms with van der Waals surface area (Å²) in [4.78, 5) is 0. The summed E-state index contributed by atoms with van der Waals surface area (Å²) < 4.78 is 17.0. The molecule has 6 heteroatoms. The predicted molar refractivity (Wildman–Crippen MR) is 86.1 cm³/mol. The summed E-state index contributed by atoms with van der Waals surface area (Å²) >= 11 is 3.51. The van der Waals surface area contributed by atoms with E-state index in [4.69, 9.17) is 19.3 Å². The minimum Gasteiger partial charge on any atom is -0.493 e. The van der Waals surface area contributed by atoms with Gasteiger partial charge in [-0.1, -0.05) is 0 Å². The number of ether oxygens (including phenoxy) is 3. The zero-order valence-electron chi connectivity index (χ0n) is 12.7. The Morgan fingerprint density at radius 1 is 1.29 bits per heavy atom. The Morgan fingerprint density at radius 2 is 2.10 bits per heavy atom. The van der Waals surface area contributed by atoms with Crippen molar-refractivity contribution in [2.24, 2.45) is 0 Å². The molecule has 0 spiro atoms. The Hall–Kier alpha value is -0.820. The Balaban J connectivity index is 2.43. The largest absolute Gasteiger partial charge is 0.493 e. The number of aliphatic hydroxyl groups excluding tert-OH is 1. The predicted octanol–water partition coefficient (Wildman–Crippen LogP) is 2.34. The third kappa shape index (κ3) is 6.65. The minimum absolute atomic E-state index is 0.0768. The fraction of sp³-hybridized carbons (Fsp3) is 0.600. The van der Waals surface area contributed by atoms with Gasteiger partial charge in [-0.3, -0.25) is 0 Å². The molecule has 5 nitrogen and oxygen atoms in total. The summed E-state index contributed by atoms with van der Waals surface area (Å²) in [5.74, 6) is 1.47. The number of aliphatic hydroxyl groups is 1. The zero-order chi connectivity index (χ0) is 15.5. The summed E-state index contributed by atoms with van der Waals surface area (Å²) in [6.07, 6.45) is 0.912. The molecular weight excluding hydrogens is 338 g/mol. The molecule has 0 aliphatic rings. The van der Waals surface area contributed by atoms with Gasteiger partial charge >= 0.3 is 0 Å². The maximum Gasteiger partial charge on any atom is 0.175 e. The van der Waals surface area contributed by atoms with E-state index in [-0.39, 0.29) is 6.61 Å². The lowest BCUT2D eigenvalue weighted by Crippen LogP contribution is -2.17. The normalized spacial score (nSPS) is 10.7. The van der Waals surface area contributed by atoms with Crippen molar-refractivity contribution < 1.29 is 19.3 Å². The molecule has 21 heavy (non-hydrogen) atoms. The highest BCUT2D eigenvalue weighted by atomic mass is 79.9. The lowest BCUT2D eigenvalue weighted by molar-refractivity contribution is 0.0907. The van der Waals surface area contributed by atoms with E-state index in [1.54, 1.807) is 7.11 Å². The summed E-state index contributed by atoms with van der Waals surface area (Å²) in [6.45, 7) is 5.29. The van der Waals surface area contributed by atoms with Gasteiger partial charge in [0.05, 0.1) is 31.4 Å². The van der Waals surface area contributed by atoms with E-state index in [1.165, 1.54) is 0 Å². The third-order valence-corrected chi connectivity index (χ3v) is 3.37. The Kier molecular flexibility index (Phi) is 9.41. The monoisotopic (exact) mass is 361 g/mol. The van der Waals surface area contributed by atoms with Gasteiger partial charge in [-0.05, 0) is 53.5 Å². The van der Waals surface area contributed by atoms with Crippen LogP contribution in [0.4, 0.5) is 0 Å². The average molecular weight is 362 g/mol. The molecule has 0 unspecified atom stereocenters. The number of benzene rings is 1. The minimum atomic E-state index is 0.0768. The van der Waals surface area contributed by atoms with Crippen molar-refractivity contribution in [1.82, 2.24) is 5.32 Å². The second-order valence-electron chi connectivity index (χ2n) is 4.41. The van der Waals surface area contributed by atoms with E-state index in [0.29, 0.717) is 19.8 Å². The van der Waals surface area contributed by atoms with Crippen LogP contribution in [0.2, 0.25) is 0 Å². The summed E-state index contributed by atoms with van der Waals surface area (Å²) in [5.41, 5.74) is 1.12. The van der Waals surface area contributed by atoms with Gasteiger partial charge < -0.3 is 24.6 Å². The maximum atomic E-state index is 8.59. The number of methoxy groups -OCH3 is 1. The standard InChI is InChI=1S/C15H24BrNO4/c1-3-21-15-13(16)9-12(10-14(15)19-2)11-17-5-4-7-20-8-6-18/h9-10,17-18H,3-8,11H2,1-2H3. The molecule has 0 aliphatic carbocycles. The van der Waals surface area contributed by atoms with Crippen LogP contribution in [0, 0.1) is 0 Å². The highest BCUT2D eigenvalue weighted by Crippen LogP contribution is 2.36. The van der Waals surface area contributed by atoms with E-state index < -0.39 is 0 Å². The van der Waals surface area contributed by atoms with Crippen LogP contribution in [0.5, 0.6) is 11.5 Å². The number of halogens is 1. The number of nitrogens with one attached hydrogen (secondary N) is 1. The first-order valence-corrected chi connectivity index (χ1v) is 7.90. The van der Waals surface area contributed by atoms with Crippen LogP contribution in [-0.4, -0.2) is 45.2 Å². The van der Waals surface area contributed by atoms with Gasteiger partial charge in [0.15, 0.2) is 11.5 Å². The van der Waals surface area contributed by atoms with Crippen LogP contribution in [0.1, 0.15) is 18.9 Å². The maximum absolute atomic E-state index is 8.59. The van der Waals surface area contributed by atoms with Gasteiger partial charge in [0, 0.05) is 13.2 Å². The molecule has 0 radical (unpaired) electrons. The molecule has 1 rings (SSSR count). The fourth-order valence-corrected chi connectivity index (χ4v) is 2.46. The Labute approximate surface area is 134 Å². The second-order valence-corrected chi connectivity index (χ2v) is 5.26. The molecule has 0 heterocycles. The molecule has 0 saturated carbocycles. The SMILES string of the molecule is CCOc1c(Br)cc(CNCCCOCCO)cc1OC. The topological polar surface area (TPSA) is 60.0 Å². The van der Waals surface area contributed by atoms with Crippen molar-refractivity contribution in [1.29, 1.82) is 0 Å². The van der Waals surface area contributed by atoms with Crippen LogP contribution in [0.15, 0.2) is 16.6 Å². The number of hydrogen-bond donors (Lipinski definition) is 2. The molecule has 1 aromatic carbocycles. The molecule has 0 bridgehead atoms. The Morgan fingerprint density at radius 3 is 2.76 bits per heavy atom. The van der Waals surface area contributed by atoms with Crippen molar-refractivity contribution in [3.8, 4) is 11.5 Å². The highest BCUT2D eigenvalue weighted by molar-refractivity contribution is 9.10. The molecule has 120 valence electrons. The van der Waals surface area contributed by atoms with Gasteiger partial charge in [-0.25, -0.2) is 0 Å². The molecule has 0 atom stereocenters. The van der Waals surface area contributed by atoms with Crippen LogP contribution in [-0.2, 0) is 11.3 Å². The van der Waals surface area contributed by atoms with Crippen molar-refractivity contribution in [2.45, 2.75) is 19.9 Å². The lowest BCUT2D eigenvalue weighted by Gasteiger charge is -2.13. The Bertz CT molecular complexity index is 415. The van der Waals surface area contributed by atoms with E-state index in [1.807, 2.05) is 19.1 Å². The highest BCUT2D eigenvalue weighted by Gasteiger charge is 2.10. The smallest absolute Gasteiger partial charge is 0.175 e. The molecule has 0 saturated heterocycles. The van der Waals surface area contributed by atoms with Crippen LogP contribution >= 0.6 is 15.9 Å². The molecule has 0 aliphatic heterocycles. The van der Waals surface area contributed by atoms with Gasteiger partial charge in [0.2, 0.25) is 0 Å². The van der Waals surface area contributed by atoms with Crippen LogP contribution in [0.3, 0.4) is 0 Å². The molecule has 1 aromatic rings. The van der Waals surface area contributed by atoms with E-state index in [9.17, 15) is 0 Å².